The van der Waals surface area contributed by atoms with Gasteiger partial charge in [-0.25, -0.2) is 0 Å². The van der Waals surface area contributed by atoms with Crippen LogP contribution in [0.5, 0.6) is 0 Å². The van der Waals surface area contributed by atoms with E-state index >= 15 is 0 Å². The number of aliphatic imine (C=N–C) groups is 1. The summed E-state index contributed by atoms with van der Waals surface area (Å²) in [6.45, 7) is 5.70. The first kappa shape index (κ1) is 22.8. The summed E-state index contributed by atoms with van der Waals surface area (Å²) < 4.78 is 1.88. The average Bonchev–Trinajstić information content (AvgIpc) is 3.39. The zero-order valence-corrected chi connectivity index (χ0v) is 19.5. The van der Waals surface area contributed by atoms with Gasteiger partial charge in [0.15, 0.2) is 5.96 Å². The van der Waals surface area contributed by atoms with Crippen molar-refractivity contribution in [1.29, 1.82) is 0 Å². The van der Waals surface area contributed by atoms with Gasteiger partial charge in [-0.2, -0.15) is 5.10 Å². The summed E-state index contributed by atoms with van der Waals surface area (Å²) in [5.74, 6) is 1.51. The quantitative estimate of drug-likeness (QED) is 0.522. The minimum absolute atomic E-state index is 0.149. The lowest BCUT2D eigenvalue weighted by Gasteiger charge is -2.22. The Morgan fingerprint density at radius 3 is 2.74 bits per heavy atom. The zero-order valence-electron chi connectivity index (χ0n) is 19.5. The van der Waals surface area contributed by atoms with Gasteiger partial charge in [0, 0.05) is 57.6 Å². The number of nitrogens with zero attached hydrogens (tertiary/aromatic N) is 4. The number of amides is 1. The van der Waals surface area contributed by atoms with E-state index in [4.69, 9.17) is 0 Å². The second-order valence-corrected chi connectivity index (χ2v) is 8.80. The summed E-state index contributed by atoms with van der Waals surface area (Å²) in [6.07, 6.45) is 6.41. The van der Waals surface area contributed by atoms with E-state index in [-0.39, 0.29) is 11.8 Å². The van der Waals surface area contributed by atoms with E-state index in [1.807, 2.05) is 37.0 Å². The highest BCUT2D eigenvalue weighted by molar-refractivity contribution is 5.92. The van der Waals surface area contributed by atoms with Crippen LogP contribution in [-0.4, -0.2) is 40.6 Å². The molecule has 0 radical (unpaired) electrons. The number of carbonyl (C=O) groups is 1. The number of nitrogens with one attached hydrogen (secondary N) is 2. The Bertz CT molecular complexity index is 911. The van der Waals surface area contributed by atoms with Crippen molar-refractivity contribution in [2.24, 2.45) is 18.0 Å². The van der Waals surface area contributed by atoms with Crippen LogP contribution >= 0.6 is 0 Å². The molecule has 0 atom stereocenters. The molecule has 1 aromatic heterocycles. The number of aryl methyl sites for hydroxylation is 1. The number of rotatable bonds is 7. The maximum absolute atomic E-state index is 12.4. The lowest BCUT2D eigenvalue weighted by molar-refractivity contribution is -0.119. The molecule has 7 nitrogen and oxygen atoms in total. The smallest absolute Gasteiger partial charge is 0.227 e. The van der Waals surface area contributed by atoms with Gasteiger partial charge in [-0.15, -0.1) is 0 Å². The SMILES string of the molecule is CN=C(NCc1cccc(NC(=O)C2CCCC2)c1)N(C)Cc1cn(C)nc1C(C)C. The second kappa shape index (κ2) is 10.5. The van der Waals surface area contributed by atoms with Crippen molar-refractivity contribution < 1.29 is 4.79 Å². The lowest BCUT2D eigenvalue weighted by atomic mass is 10.1. The molecule has 1 aliphatic carbocycles. The monoisotopic (exact) mass is 424 g/mol. The highest BCUT2D eigenvalue weighted by atomic mass is 16.1. The van der Waals surface area contributed by atoms with Crippen LogP contribution in [-0.2, 0) is 24.9 Å². The third-order valence-corrected chi connectivity index (χ3v) is 5.84. The molecule has 0 saturated heterocycles. The van der Waals surface area contributed by atoms with Gasteiger partial charge in [-0.1, -0.05) is 38.8 Å². The molecule has 7 heteroatoms. The van der Waals surface area contributed by atoms with Gasteiger partial charge in [-0.3, -0.25) is 14.5 Å². The van der Waals surface area contributed by atoms with Gasteiger partial charge < -0.3 is 15.5 Å². The van der Waals surface area contributed by atoms with Crippen LogP contribution in [0.15, 0.2) is 35.5 Å². The molecular formula is C24H36N6O. The molecule has 0 unspecified atom stereocenters. The number of hydrogen-bond acceptors (Lipinski definition) is 3. The van der Waals surface area contributed by atoms with Crippen molar-refractivity contribution in [1.82, 2.24) is 20.0 Å². The van der Waals surface area contributed by atoms with Crippen molar-refractivity contribution in [3.63, 3.8) is 0 Å². The molecule has 2 N–H and O–H groups in total. The lowest BCUT2D eigenvalue weighted by Crippen LogP contribution is -2.38. The summed E-state index contributed by atoms with van der Waals surface area (Å²) in [4.78, 5) is 19.0. The van der Waals surface area contributed by atoms with E-state index < -0.39 is 0 Å². The number of guanidine groups is 1. The highest BCUT2D eigenvalue weighted by Crippen LogP contribution is 2.26. The molecule has 1 aromatic carbocycles. The minimum Gasteiger partial charge on any atom is -0.352 e. The molecule has 1 aliphatic rings. The van der Waals surface area contributed by atoms with Gasteiger partial charge in [0.25, 0.3) is 0 Å². The van der Waals surface area contributed by atoms with Gasteiger partial charge in [0.05, 0.1) is 5.69 Å². The molecule has 0 bridgehead atoms. The zero-order chi connectivity index (χ0) is 22.4. The van der Waals surface area contributed by atoms with E-state index in [1.165, 1.54) is 5.56 Å². The van der Waals surface area contributed by atoms with Crippen LogP contribution in [0.1, 0.15) is 62.3 Å². The van der Waals surface area contributed by atoms with E-state index in [0.29, 0.717) is 12.5 Å². The summed E-state index contributed by atoms with van der Waals surface area (Å²) in [5, 5.41) is 11.1. The summed E-state index contributed by atoms with van der Waals surface area (Å²) in [5.41, 5.74) is 4.29. The molecule has 0 aliphatic heterocycles. The molecule has 3 rings (SSSR count). The molecule has 1 saturated carbocycles. The van der Waals surface area contributed by atoms with Gasteiger partial charge in [0.1, 0.15) is 0 Å². The molecule has 168 valence electrons. The minimum atomic E-state index is 0.149. The molecule has 1 amide bonds. The maximum Gasteiger partial charge on any atom is 0.227 e. The van der Waals surface area contributed by atoms with Crippen LogP contribution < -0.4 is 10.6 Å². The van der Waals surface area contributed by atoms with Crippen molar-refractivity contribution in [3.05, 3.63) is 47.3 Å². The van der Waals surface area contributed by atoms with E-state index in [9.17, 15) is 4.79 Å². The number of hydrogen-bond donors (Lipinski definition) is 2. The third kappa shape index (κ3) is 6.09. The first-order valence-corrected chi connectivity index (χ1v) is 11.2. The van der Waals surface area contributed by atoms with E-state index in [1.54, 1.807) is 7.05 Å². The van der Waals surface area contributed by atoms with Crippen LogP contribution in [0.25, 0.3) is 0 Å². The van der Waals surface area contributed by atoms with Gasteiger partial charge >= 0.3 is 0 Å². The Balaban J connectivity index is 1.58. The Morgan fingerprint density at radius 1 is 1.32 bits per heavy atom. The van der Waals surface area contributed by atoms with Crippen molar-refractivity contribution >= 4 is 17.6 Å². The average molecular weight is 425 g/mol. The van der Waals surface area contributed by atoms with Crippen LogP contribution in [0.3, 0.4) is 0 Å². The topological polar surface area (TPSA) is 74.6 Å². The Kier molecular flexibility index (Phi) is 7.71. The standard InChI is InChI=1S/C24H36N6O/c1-17(2)22-20(16-30(5)28-22)15-29(4)24(25-3)26-14-18-9-8-12-21(13-18)27-23(31)19-10-6-7-11-19/h8-9,12-13,16-17,19H,6-7,10-11,14-15H2,1-5H3,(H,25,26)(H,27,31). The van der Waals surface area contributed by atoms with E-state index in [2.05, 4.69) is 51.7 Å². The number of carbonyl (C=O) groups excluding carboxylic acids is 1. The highest BCUT2D eigenvalue weighted by Gasteiger charge is 2.22. The predicted octanol–water partition coefficient (Wildman–Crippen LogP) is 3.88. The normalized spacial score (nSPS) is 14.8. The largest absolute Gasteiger partial charge is 0.352 e. The van der Waals surface area contributed by atoms with Crippen LogP contribution in [0.2, 0.25) is 0 Å². The number of aromatic nitrogens is 2. The molecule has 0 spiro atoms. The fourth-order valence-corrected chi connectivity index (χ4v) is 4.25. The van der Waals surface area contributed by atoms with Crippen LogP contribution in [0.4, 0.5) is 5.69 Å². The number of anilines is 1. The molecule has 1 heterocycles. The van der Waals surface area contributed by atoms with Crippen molar-refractivity contribution in [2.45, 2.75) is 58.5 Å². The summed E-state index contributed by atoms with van der Waals surface area (Å²) >= 11 is 0. The molecule has 1 fully saturated rings. The Morgan fingerprint density at radius 2 is 2.06 bits per heavy atom. The summed E-state index contributed by atoms with van der Waals surface area (Å²) in [6, 6.07) is 8.03. The summed E-state index contributed by atoms with van der Waals surface area (Å²) in [7, 11) is 5.79. The van der Waals surface area contributed by atoms with Crippen LogP contribution in [0, 0.1) is 5.92 Å². The fraction of sp³-hybridized carbons (Fsp3) is 0.542. The first-order chi connectivity index (χ1) is 14.9. The Hall–Kier alpha value is -2.83. The molecule has 2 aromatic rings. The number of benzene rings is 1. The van der Waals surface area contributed by atoms with Crippen molar-refractivity contribution in [3.8, 4) is 0 Å². The van der Waals surface area contributed by atoms with Gasteiger partial charge in [0.2, 0.25) is 5.91 Å². The van der Waals surface area contributed by atoms with Gasteiger partial charge in [-0.05, 0) is 36.5 Å². The van der Waals surface area contributed by atoms with Crippen molar-refractivity contribution in [2.75, 3.05) is 19.4 Å². The fourth-order valence-electron chi connectivity index (χ4n) is 4.25. The predicted molar refractivity (Wildman–Crippen MR) is 126 cm³/mol. The first-order valence-electron chi connectivity index (χ1n) is 11.2. The van der Waals surface area contributed by atoms with E-state index in [0.717, 1.165) is 55.1 Å². The second-order valence-electron chi connectivity index (χ2n) is 8.80. The third-order valence-electron chi connectivity index (χ3n) is 5.84. The molecule has 31 heavy (non-hydrogen) atoms. The maximum atomic E-state index is 12.4. The Labute approximate surface area is 185 Å². The molecular weight excluding hydrogens is 388 g/mol.